The maximum absolute atomic E-state index is 10.1. The molecule has 1 atom stereocenters. The quantitative estimate of drug-likeness (QED) is 0.744. The summed E-state index contributed by atoms with van der Waals surface area (Å²) in [5, 5.41) is 14.0. The second-order valence-electron chi connectivity index (χ2n) is 6.21. The van der Waals surface area contributed by atoms with Gasteiger partial charge < -0.3 is 20.1 Å². The van der Waals surface area contributed by atoms with Crippen molar-refractivity contribution in [2.75, 3.05) is 36.5 Å². The van der Waals surface area contributed by atoms with E-state index in [1.165, 1.54) is 19.3 Å². The third-order valence-corrected chi connectivity index (χ3v) is 5.00. The molecule has 8 heteroatoms. The number of anilines is 2. The molecule has 1 aromatic heterocycles. The van der Waals surface area contributed by atoms with Crippen molar-refractivity contribution < 1.29 is 9.84 Å². The molecular formula is C18H22Cl2N4O2. The standard InChI is InChI=1S/C18H22Cl2N4O2/c19-14-5-4-6-15(18(14)20)26-11-13(25)10-21-16-9-17(23-12-22-16)24-7-2-1-3-8-24/h4-6,9,12-13,25H,1-3,7-8,10-11H2,(H,21,22,23). The van der Waals surface area contributed by atoms with E-state index in [1.807, 2.05) is 6.07 Å². The highest BCUT2D eigenvalue weighted by atomic mass is 35.5. The lowest BCUT2D eigenvalue weighted by Gasteiger charge is -2.27. The van der Waals surface area contributed by atoms with E-state index in [0.717, 1.165) is 18.9 Å². The van der Waals surface area contributed by atoms with Crippen LogP contribution in [-0.2, 0) is 0 Å². The molecule has 0 amide bonds. The largest absolute Gasteiger partial charge is 0.489 e. The molecule has 1 unspecified atom stereocenters. The van der Waals surface area contributed by atoms with Crippen LogP contribution in [-0.4, -0.2) is 47.4 Å². The average molecular weight is 397 g/mol. The first-order valence-electron chi connectivity index (χ1n) is 8.69. The number of hydrogen-bond donors (Lipinski definition) is 2. The highest BCUT2D eigenvalue weighted by molar-refractivity contribution is 6.42. The van der Waals surface area contributed by atoms with Gasteiger partial charge in [-0.15, -0.1) is 0 Å². The summed E-state index contributed by atoms with van der Waals surface area (Å²) in [5.74, 6) is 2.05. The van der Waals surface area contributed by atoms with Crippen molar-refractivity contribution in [3.8, 4) is 5.75 Å². The van der Waals surface area contributed by atoms with Gasteiger partial charge in [0.1, 0.15) is 41.4 Å². The van der Waals surface area contributed by atoms with Crippen LogP contribution in [0.2, 0.25) is 10.0 Å². The van der Waals surface area contributed by atoms with Gasteiger partial charge in [-0.05, 0) is 31.4 Å². The molecule has 0 bridgehead atoms. The van der Waals surface area contributed by atoms with Crippen LogP contribution in [0.3, 0.4) is 0 Å². The number of aliphatic hydroxyl groups is 1. The van der Waals surface area contributed by atoms with Gasteiger partial charge in [0.15, 0.2) is 0 Å². The Morgan fingerprint density at radius 3 is 2.81 bits per heavy atom. The molecule has 3 rings (SSSR count). The monoisotopic (exact) mass is 396 g/mol. The van der Waals surface area contributed by atoms with E-state index < -0.39 is 6.10 Å². The number of nitrogens with one attached hydrogen (secondary N) is 1. The Kier molecular flexibility index (Phi) is 6.77. The summed E-state index contributed by atoms with van der Waals surface area (Å²) in [6.07, 6.45) is 4.47. The molecule has 2 heterocycles. The fraction of sp³-hybridized carbons (Fsp3) is 0.444. The van der Waals surface area contributed by atoms with Crippen molar-refractivity contribution in [1.29, 1.82) is 0 Å². The Balaban J connectivity index is 1.49. The summed E-state index contributed by atoms with van der Waals surface area (Å²) >= 11 is 12.0. The summed E-state index contributed by atoms with van der Waals surface area (Å²) in [7, 11) is 0. The molecule has 1 aliphatic rings. The van der Waals surface area contributed by atoms with Crippen LogP contribution < -0.4 is 15.0 Å². The third-order valence-electron chi connectivity index (χ3n) is 4.20. The first kappa shape index (κ1) is 19.0. The first-order chi connectivity index (χ1) is 12.6. The Bertz CT molecular complexity index is 726. The molecule has 0 radical (unpaired) electrons. The van der Waals surface area contributed by atoms with E-state index >= 15 is 0 Å². The lowest BCUT2D eigenvalue weighted by atomic mass is 10.1. The maximum Gasteiger partial charge on any atom is 0.139 e. The molecule has 2 aromatic rings. The van der Waals surface area contributed by atoms with Gasteiger partial charge in [-0.3, -0.25) is 0 Å². The van der Waals surface area contributed by atoms with Gasteiger partial charge in [-0.2, -0.15) is 0 Å². The van der Waals surface area contributed by atoms with Crippen LogP contribution in [0, 0.1) is 0 Å². The molecule has 140 valence electrons. The van der Waals surface area contributed by atoms with E-state index in [1.54, 1.807) is 24.5 Å². The summed E-state index contributed by atoms with van der Waals surface area (Å²) < 4.78 is 5.54. The highest BCUT2D eigenvalue weighted by Gasteiger charge is 2.13. The van der Waals surface area contributed by atoms with Gasteiger partial charge >= 0.3 is 0 Å². The van der Waals surface area contributed by atoms with E-state index in [9.17, 15) is 5.11 Å². The molecule has 0 aliphatic carbocycles. The minimum absolute atomic E-state index is 0.0944. The smallest absolute Gasteiger partial charge is 0.139 e. The Morgan fingerprint density at radius 1 is 1.19 bits per heavy atom. The fourth-order valence-electron chi connectivity index (χ4n) is 2.80. The average Bonchev–Trinajstić information content (AvgIpc) is 2.68. The summed E-state index contributed by atoms with van der Waals surface area (Å²) in [6.45, 7) is 2.44. The number of rotatable bonds is 7. The summed E-state index contributed by atoms with van der Waals surface area (Å²) in [5.41, 5.74) is 0. The van der Waals surface area contributed by atoms with Gasteiger partial charge in [0, 0.05) is 25.7 Å². The lowest BCUT2D eigenvalue weighted by molar-refractivity contribution is 0.117. The Labute approximate surface area is 163 Å². The van der Waals surface area contributed by atoms with Crippen molar-refractivity contribution >= 4 is 34.8 Å². The van der Waals surface area contributed by atoms with Crippen molar-refractivity contribution in [2.24, 2.45) is 0 Å². The molecule has 26 heavy (non-hydrogen) atoms. The van der Waals surface area contributed by atoms with Crippen LogP contribution in [0.5, 0.6) is 5.75 Å². The first-order valence-corrected chi connectivity index (χ1v) is 9.45. The van der Waals surface area contributed by atoms with Crippen LogP contribution in [0.4, 0.5) is 11.6 Å². The Morgan fingerprint density at radius 2 is 2.00 bits per heavy atom. The Hall–Kier alpha value is -1.76. The SMILES string of the molecule is OC(CNc1cc(N2CCCCC2)ncn1)COc1cccc(Cl)c1Cl. The third kappa shape index (κ3) is 5.13. The fourth-order valence-corrected chi connectivity index (χ4v) is 3.15. The van der Waals surface area contributed by atoms with Gasteiger partial charge in [0.2, 0.25) is 0 Å². The number of ether oxygens (including phenoxy) is 1. The highest BCUT2D eigenvalue weighted by Crippen LogP contribution is 2.31. The van der Waals surface area contributed by atoms with Crippen LogP contribution in [0.25, 0.3) is 0 Å². The predicted octanol–water partition coefficient (Wildman–Crippen LogP) is 3.63. The summed E-state index contributed by atoms with van der Waals surface area (Å²) in [4.78, 5) is 10.8. The predicted molar refractivity (Wildman–Crippen MR) is 105 cm³/mol. The second-order valence-corrected chi connectivity index (χ2v) is 6.99. The van der Waals surface area contributed by atoms with E-state index in [2.05, 4.69) is 20.2 Å². The molecule has 1 aliphatic heterocycles. The molecular weight excluding hydrogens is 375 g/mol. The number of hydrogen-bond acceptors (Lipinski definition) is 6. The lowest BCUT2D eigenvalue weighted by Crippen LogP contribution is -2.30. The maximum atomic E-state index is 10.1. The molecule has 6 nitrogen and oxygen atoms in total. The second kappa shape index (κ2) is 9.26. The van der Waals surface area contributed by atoms with Gasteiger partial charge in [-0.1, -0.05) is 29.3 Å². The molecule has 1 saturated heterocycles. The minimum Gasteiger partial charge on any atom is -0.489 e. The summed E-state index contributed by atoms with van der Waals surface area (Å²) in [6, 6.07) is 7.05. The number of benzene rings is 1. The zero-order valence-electron chi connectivity index (χ0n) is 14.4. The molecule has 1 aromatic carbocycles. The van der Waals surface area contributed by atoms with Crippen molar-refractivity contribution in [1.82, 2.24) is 9.97 Å². The van der Waals surface area contributed by atoms with E-state index in [4.69, 9.17) is 27.9 Å². The topological polar surface area (TPSA) is 70.5 Å². The molecule has 1 fully saturated rings. The minimum atomic E-state index is -0.724. The van der Waals surface area contributed by atoms with Crippen molar-refractivity contribution in [3.05, 3.63) is 40.6 Å². The van der Waals surface area contributed by atoms with Crippen LogP contribution >= 0.6 is 23.2 Å². The number of halogens is 2. The normalized spacial score (nSPS) is 15.6. The van der Waals surface area contributed by atoms with Gasteiger partial charge in [0.25, 0.3) is 0 Å². The van der Waals surface area contributed by atoms with Crippen molar-refractivity contribution in [3.63, 3.8) is 0 Å². The van der Waals surface area contributed by atoms with Gasteiger partial charge in [-0.25, -0.2) is 9.97 Å². The molecule has 2 N–H and O–H groups in total. The van der Waals surface area contributed by atoms with Gasteiger partial charge in [0.05, 0.1) is 5.02 Å². The van der Waals surface area contributed by atoms with Crippen LogP contribution in [0.15, 0.2) is 30.6 Å². The zero-order chi connectivity index (χ0) is 18.4. The molecule has 0 saturated carbocycles. The molecule has 0 spiro atoms. The number of aliphatic hydroxyl groups excluding tert-OH is 1. The zero-order valence-corrected chi connectivity index (χ0v) is 15.9. The van der Waals surface area contributed by atoms with Crippen molar-refractivity contribution in [2.45, 2.75) is 25.4 Å². The number of aromatic nitrogens is 2. The number of nitrogens with zero attached hydrogens (tertiary/aromatic N) is 3. The van der Waals surface area contributed by atoms with Crippen LogP contribution in [0.1, 0.15) is 19.3 Å². The van der Waals surface area contributed by atoms with E-state index in [-0.39, 0.29) is 6.61 Å². The van der Waals surface area contributed by atoms with E-state index in [0.29, 0.717) is 28.2 Å². The number of piperidine rings is 1.